The molecule has 0 aliphatic carbocycles. The van der Waals surface area contributed by atoms with E-state index in [9.17, 15) is 0 Å². The predicted molar refractivity (Wildman–Crippen MR) is 66.0 cm³/mol. The highest BCUT2D eigenvalue weighted by Gasteiger charge is 2.18. The van der Waals surface area contributed by atoms with Gasteiger partial charge in [-0.3, -0.25) is 0 Å². The van der Waals surface area contributed by atoms with Crippen molar-refractivity contribution in [3.05, 3.63) is 40.9 Å². The summed E-state index contributed by atoms with van der Waals surface area (Å²) in [5, 5.41) is 9.75. The summed E-state index contributed by atoms with van der Waals surface area (Å²) < 4.78 is 0. The SMILES string of the molecule is CC(C)(C)/C(=C/CO)c1ccc(Cl)cc1. The number of allylic oxidation sites excluding steroid dienone is 1. The molecule has 15 heavy (non-hydrogen) atoms. The van der Waals surface area contributed by atoms with Crippen LogP contribution in [-0.4, -0.2) is 11.7 Å². The normalized spacial score (nSPS) is 13.0. The first-order valence-corrected chi connectivity index (χ1v) is 5.40. The zero-order chi connectivity index (χ0) is 11.5. The average molecular weight is 225 g/mol. The molecule has 1 nitrogen and oxygen atoms in total. The maximum Gasteiger partial charge on any atom is 0.0618 e. The third-order valence-electron chi connectivity index (χ3n) is 2.26. The van der Waals surface area contributed by atoms with Crippen molar-refractivity contribution in [3.8, 4) is 0 Å². The molecule has 0 heterocycles. The summed E-state index contributed by atoms with van der Waals surface area (Å²) in [6.07, 6.45) is 1.85. The van der Waals surface area contributed by atoms with E-state index in [2.05, 4.69) is 20.8 Å². The second kappa shape index (κ2) is 4.82. The molecule has 0 fully saturated rings. The lowest BCUT2D eigenvalue weighted by molar-refractivity contribution is 0.341. The number of benzene rings is 1. The van der Waals surface area contributed by atoms with Crippen molar-refractivity contribution in [2.45, 2.75) is 20.8 Å². The third-order valence-corrected chi connectivity index (χ3v) is 2.51. The van der Waals surface area contributed by atoms with E-state index in [1.54, 1.807) is 0 Å². The average Bonchev–Trinajstić information content (AvgIpc) is 2.14. The first kappa shape index (κ1) is 12.3. The van der Waals surface area contributed by atoms with Crippen LogP contribution in [0.2, 0.25) is 5.02 Å². The minimum absolute atomic E-state index is 0.0244. The zero-order valence-electron chi connectivity index (χ0n) is 9.42. The van der Waals surface area contributed by atoms with Crippen LogP contribution in [0.4, 0.5) is 0 Å². The Kier molecular flexibility index (Phi) is 3.95. The van der Waals surface area contributed by atoms with Gasteiger partial charge in [0.2, 0.25) is 0 Å². The Bertz CT molecular complexity index is 344. The van der Waals surface area contributed by atoms with E-state index in [4.69, 9.17) is 16.7 Å². The summed E-state index contributed by atoms with van der Waals surface area (Å²) >= 11 is 5.84. The van der Waals surface area contributed by atoms with Crippen molar-refractivity contribution < 1.29 is 5.11 Å². The van der Waals surface area contributed by atoms with E-state index in [-0.39, 0.29) is 12.0 Å². The highest BCUT2D eigenvalue weighted by Crippen LogP contribution is 2.34. The summed E-state index contributed by atoms with van der Waals surface area (Å²) in [6.45, 7) is 6.45. The van der Waals surface area contributed by atoms with Gasteiger partial charge in [0.05, 0.1) is 6.61 Å². The summed E-state index contributed by atoms with van der Waals surface area (Å²) in [5.41, 5.74) is 2.28. The van der Waals surface area contributed by atoms with Crippen molar-refractivity contribution in [1.82, 2.24) is 0 Å². The Hall–Kier alpha value is -0.790. The molecule has 82 valence electrons. The number of hydrogen-bond acceptors (Lipinski definition) is 1. The third kappa shape index (κ3) is 3.37. The fraction of sp³-hybridized carbons (Fsp3) is 0.385. The Balaban J connectivity index is 3.11. The van der Waals surface area contributed by atoms with Gasteiger partial charge in [-0.05, 0) is 28.7 Å². The van der Waals surface area contributed by atoms with Crippen LogP contribution in [-0.2, 0) is 0 Å². The number of hydrogen-bond donors (Lipinski definition) is 1. The molecule has 1 rings (SSSR count). The molecule has 0 radical (unpaired) electrons. The Morgan fingerprint density at radius 1 is 1.27 bits per heavy atom. The highest BCUT2D eigenvalue weighted by molar-refractivity contribution is 6.30. The van der Waals surface area contributed by atoms with Crippen molar-refractivity contribution in [1.29, 1.82) is 0 Å². The summed E-state index contributed by atoms with van der Waals surface area (Å²) in [5.74, 6) is 0. The second-order valence-corrected chi connectivity index (χ2v) is 4.99. The van der Waals surface area contributed by atoms with Gasteiger partial charge in [0.25, 0.3) is 0 Å². The fourth-order valence-corrected chi connectivity index (χ4v) is 1.70. The van der Waals surface area contributed by atoms with Crippen molar-refractivity contribution in [2.75, 3.05) is 6.61 Å². The number of aliphatic hydroxyl groups is 1. The van der Waals surface area contributed by atoms with Crippen molar-refractivity contribution >= 4 is 17.2 Å². The number of halogens is 1. The molecular weight excluding hydrogens is 208 g/mol. The maximum absolute atomic E-state index is 9.01. The van der Waals surface area contributed by atoms with Gasteiger partial charge in [-0.25, -0.2) is 0 Å². The first-order valence-electron chi connectivity index (χ1n) is 5.02. The lowest BCUT2D eigenvalue weighted by Crippen LogP contribution is -2.09. The monoisotopic (exact) mass is 224 g/mol. The molecule has 2 heteroatoms. The van der Waals surface area contributed by atoms with Gasteiger partial charge in [0, 0.05) is 5.02 Å². The molecule has 1 N–H and O–H groups in total. The van der Waals surface area contributed by atoms with Crippen LogP contribution in [0.15, 0.2) is 30.3 Å². The van der Waals surface area contributed by atoms with E-state index in [0.29, 0.717) is 0 Å². The van der Waals surface area contributed by atoms with Gasteiger partial charge in [-0.2, -0.15) is 0 Å². The highest BCUT2D eigenvalue weighted by atomic mass is 35.5. The van der Waals surface area contributed by atoms with Gasteiger partial charge in [-0.15, -0.1) is 0 Å². The lowest BCUT2D eigenvalue weighted by Gasteiger charge is -2.23. The Morgan fingerprint density at radius 2 is 1.80 bits per heavy atom. The molecule has 0 spiro atoms. The quantitative estimate of drug-likeness (QED) is 0.811. The van der Waals surface area contributed by atoms with E-state index < -0.39 is 0 Å². The van der Waals surface area contributed by atoms with Crippen LogP contribution < -0.4 is 0 Å². The van der Waals surface area contributed by atoms with Crippen LogP contribution in [0, 0.1) is 5.41 Å². The standard InChI is InChI=1S/C13H17ClO/c1-13(2,3)12(8-9-15)10-4-6-11(14)7-5-10/h4-8,15H,9H2,1-3H3/b12-8+. The van der Waals surface area contributed by atoms with Crippen LogP contribution in [0.3, 0.4) is 0 Å². The molecule has 0 aliphatic heterocycles. The second-order valence-electron chi connectivity index (χ2n) is 4.56. The van der Waals surface area contributed by atoms with Gasteiger partial charge in [0.1, 0.15) is 0 Å². The maximum atomic E-state index is 9.01. The van der Waals surface area contributed by atoms with Gasteiger partial charge in [-0.1, -0.05) is 50.6 Å². The molecule has 0 aromatic heterocycles. The van der Waals surface area contributed by atoms with Crippen LogP contribution in [0.1, 0.15) is 26.3 Å². The number of rotatable bonds is 2. The van der Waals surface area contributed by atoms with Crippen molar-refractivity contribution in [3.63, 3.8) is 0 Å². The molecular formula is C13H17ClO. The molecule has 0 unspecified atom stereocenters. The molecule has 0 bridgehead atoms. The smallest absolute Gasteiger partial charge is 0.0618 e. The molecule has 0 aliphatic rings. The van der Waals surface area contributed by atoms with E-state index in [1.165, 1.54) is 0 Å². The summed E-state index contributed by atoms with van der Waals surface area (Å²) in [7, 11) is 0. The van der Waals surface area contributed by atoms with Crippen LogP contribution >= 0.6 is 11.6 Å². The van der Waals surface area contributed by atoms with E-state index >= 15 is 0 Å². The predicted octanol–water partition coefficient (Wildman–Crippen LogP) is 3.76. The number of aliphatic hydroxyl groups excluding tert-OH is 1. The van der Waals surface area contributed by atoms with Gasteiger partial charge < -0.3 is 5.11 Å². The summed E-state index contributed by atoms with van der Waals surface area (Å²) in [6, 6.07) is 7.70. The minimum Gasteiger partial charge on any atom is -0.392 e. The largest absolute Gasteiger partial charge is 0.392 e. The first-order chi connectivity index (χ1) is 6.95. The van der Waals surface area contributed by atoms with Crippen LogP contribution in [0.25, 0.3) is 5.57 Å². The van der Waals surface area contributed by atoms with Crippen LogP contribution in [0.5, 0.6) is 0 Å². The molecule has 0 atom stereocenters. The fourth-order valence-electron chi connectivity index (χ4n) is 1.58. The molecule has 0 saturated heterocycles. The molecule has 1 aromatic rings. The minimum atomic E-state index is 0.0244. The zero-order valence-corrected chi connectivity index (χ0v) is 10.2. The molecule has 1 aromatic carbocycles. The topological polar surface area (TPSA) is 20.2 Å². The lowest BCUT2D eigenvalue weighted by atomic mass is 9.82. The molecule has 0 saturated carbocycles. The molecule has 0 amide bonds. The van der Waals surface area contributed by atoms with Crippen molar-refractivity contribution in [2.24, 2.45) is 5.41 Å². The van der Waals surface area contributed by atoms with Gasteiger partial charge in [0.15, 0.2) is 0 Å². The van der Waals surface area contributed by atoms with E-state index in [1.807, 2.05) is 30.3 Å². The Labute approximate surface area is 96.4 Å². The van der Waals surface area contributed by atoms with E-state index in [0.717, 1.165) is 16.2 Å². The van der Waals surface area contributed by atoms with Gasteiger partial charge >= 0.3 is 0 Å². The Morgan fingerprint density at radius 3 is 2.20 bits per heavy atom. The summed E-state index contributed by atoms with van der Waals surface area (Å²) in [4.78, 5) is 0.